The molecule has 0 spiro atoms. The Balaban J connectivity index is 2.15. The van der Waals surface area contributed by atoms with Gasteiger partial charge in [-0.3, -0.25) is 0 Å². The van der Waals surface area contributed by atoms with E-state index in [0.717, 1.165) is 22.0 Å². The lowest BCUT2D eigenvalue weighted by molar-refractivity contribution is 0.0544. The first kappa shape index (κ1) is 26.8. The van der Waals surface area contributed by atoms with Crippen molar-refractivity contribution >= 4 is 39.8 Å². The number of fused-ring (bicyclic) bond motifs is 1. The molecule has 1 heterocycles. The van der Waals surface area contributed by atoms with Gasteiger partial charge in [0.15, 0.2) is 0 Å². The Morgan fingerprint density at radius 3 is 2.49 bits per heavy atom. The third kappa shape index (κ3) is 6.44. The maximum atomic E-state index is 9.89. The Hall–Kier alpha value is -2.83. The van der Waals surface area contributed by atoms with Crippen molar-refractivity contribution in [2.45, 2.75) is 6.92 Å². The van der Waals surface area contributed by atoms with Crippen molar-refractivity contribution in [3.63, 3.8) is 0 Å². The average molecular weight is 513 g/mol. The summed E-state index contributed by atoms with van der Waals surface area (Å²) in [6, 6.07) is 13.3. The predicted octanol–water partition coefficient (Wildman–Crippen LogP) is 5.29. The molecule has 2 aromatic carbocycles. The van der Waals surface area contributed by atoms with Crippen LogP contribution in [0.1, 0.15) is 23.6 Å². The van der Waals surface area contributed by atoms with Crippen LogP contribution in [0.5, 0.6) is 5.75 Å². The second kappa shape index (κ2) is 12.8. The molecule has 3 rings (SSSR count). The lowest BCUT2D eigenvalue weighted by Gasteiger charge is -2.17. The Kier molecular flexibility index (Phi) is 9.75. The van der Waals surface area contributed by atoms with Gasteiger partial charge in [0.1, 0.15) is 29.2 Å². The molecule has 0 saturated carbocycles. The molecule has 0 atom stereocenters. The van der Waals surface area contributed by atoms with Crippen LogP contribution < -0.4 is 4.74 Å². The number of hydrogen-bond donors (Lipinski definition) is 0. The quantitative estimate of drug-likeness (QED) is 0.425. The molecule has 1 aliphatic heterocycles. The number of aliphatic imine (C=N–C) groups is 2. The average Bonchev–Trinajstić information content (AvgIpc) is 3.01. The maximum Gasteiger partial charge on any atom is 0.139 e. The minimum Gasteiger partial charge on any atom is -0.490 e. The molecule has 0 N–H and O–H groups in total. The topological polar surface area (TPSA) is 79.4 Å². The van der Waals surface area contributed by atoms with E-state index < -0.39 is 0 Å². The first-order valence-electron chi connectivity index (χ1n) is 11.0. The Morgan fingerprint density at radius 2 is 1.83 bits per heavy atom. The van der Waals surface area contributed by atoms with Gasteiger partial charge in [-0.2, -0.15) is 5.26 Å². The SMILES string of the molecule is COCCOCCOc1cc2c(cc1C#N)C(c1ccccc1Cl)=NC(=C(C)N(C)C)C(SC)=N2. The Labute approximate surface area is 216 Å². The molecule has 2 aromatic rings. The van der Waals surface area contributed by atoms with Crippen molar-refractivity contribution in [3.05, 3.63) is 69.5 Å². The van der Waals surface area contributed by atoms with Gasteiger partial charge in [-0.25, -0.2) is 9.98 Å². The molecular formula is C26H29ClN4O3S. The number of hydrogen-bond acceptors (Lipinski definition) is 8. The largest absolute Gasteiger partial charge is 0.490 e. The van der Waals surface area contributed by atoms with E-state index >= 15 is 0 Å². The molecule has 7 nitrogen and oxygen atoms in total. The van der Waals surface area contributed by atoms with Gasteiger partial charge in [-0.15, -0.1) is 11.8 Å². The number of methoxy groups -OCH3 is 1. The smallest absolute Gasteiger partial charge is 0.139 e. The van der Waals surface area contributed by atoms with Gasteiger partial charge in [0, 0.05) is 49.1 Å². The lowest BCUT2D eigenvalue weighted by Crippen LogP contribution is -2.14. The van der Waals surface area contributed by atoms with Gasteiger partial charge in [0.05, 0.1) is 36.8 Å². The standard InChI is InChI=1S/C26H29ClN4O3S/c1-17(31(2)3)24-26(35-5)29-22-15-23(34-13-12-33-11-10-32-4)18(16-28)14-20(22)25(30-24)19-8-6-7-9-21(19)27/h6-9,14-15H,10-13H2,1-5H3. The Morgan fingerprint density at radius 1 is 1.09 bits per heavy atom. The molecule has 0 aliphatic carbocycles. The third-order valence-electron chi connectivity index (χ3n) is 5.37. The molecule has 0 saturated heterocycles. The highest BCUT2D eigenvalue weighted by atomic mass is 35.5. The van der Waals surface area contributed by atoms with Crippen LogP contribution in [0.3, 0.4) is 0 Å². The van der Waals surface area contributed by atoms with Crippen LogP contribution in [-0.4, -0.2) is 69.5 Å². The summed E-state index contributed by atoms with van der Waals surface area (Å²) in [5.41, 5.74) is 4.89. The predicted molar refractivity (Wildman–Crippen MR) is 143 cm³/mol. The normalized spacial score (nSPS) is 14.3. The molecule has 0 radical (unpaired) electrons. The third-order valence-corrected chi connectivity index (χ3v) is 6.38. The van der Waals surface area contributed by atoms with E-state index in [0.29, 0.717) is 59.7 Å². The number of halogens is 1. The number of nitriles is 1. The molecule has 0 unspecified atom stereocenters. The molecule has 0 amide bonds. The van der Waals surface area contributed by atoms with E-state index in [2.05, 4.69) is 6.07 Å². The van der Waals surface area contributed by atoms with E-state index in [1.165, 1.54) is 11.8 Å². The summed E-state index contributed by atoms with van der Waals surface area (Å²) >= 11 is 8.11. The van der Waals surface area contributed by atoms with E-state index in [1.807, 2.05) is 56.4 Å². The van der Waals surface area contributed by atoms with Crippen LogP contribution in [-0.2, 0) is 9.47 Å². The van der Waals surface area contributed by atoms with E-state index in [1.54, 1.807) is 19.2 Å². The van der Waals surface area contributed by atoms with Crippen molar-refractivity contribution in [2.75, 3.05) is 53.9 Å². The highest BCUT2D eigenvalue weighted by Gasteiger charge is 2.24. The number of benzene rings is 2. The molecule has 0 aromatic heterocycles. The molecule has 35 heavy (non-hydrogen) atoms. The molecular weight excluding hydrogens is 484 g/mol. The molecule has 184 valence electrons. The van der Waals surface area contributed by atoms with Gasteiger partial charge in [-0.1, -0.05) is 29.8 Å². The van der Waals surface area contributed by atoms with Crippen molar-refractivity contribution in [2.24, 2.45) is 9.98 Å². The summed E-state index contributed by atoms with van der Waals surface area (Å²) in [5.74, 6) is 0.445. The fourth-order valence-electron chi connectivity index (χ4n) is 3.34. The van der Waals surface area contributed by atoms with Crippen molar-refractivity contribution in [1.82, 2.24) is 4.90 Å². The van der Waals surface area contributed by atoms with Crippen molar-refractivity contribution in [1.29, 1.82) is 5.26 Å². The minimum atomic E-state index is 0.298. The van der Waals surface area contributed by atoms with Gasteiger partial charge in [0.25, 0.3) is 0 Å². The number of nitrogens with zero attached hydrogens (tertiary/aromatic N) is 4. The summed E-state index contributed by atoms with van der Waals surface area (Å²) in [6.07, 6.45) is 1.97. The molecule has 9 heteroatoms. The summed E-state index contributed by atoms with van der Waals surface area (Å²) < 4.78 is 16.4. The second-order valence-corrected chi connectivity index (χ2v) is 9.02. The van der Waals surface area contributed by atoms with Gasteiger partial charge in [0.2, 0.25) is 0 Å². The summed E-state index contributed by atoms with van der Waals surface area (Å²) in [5, 5.41) is 11.2. The van der Waals surface area contributed by atoms with Crippen LogP contribution in [0.4, 0.5) is 5.69 Å². The molecule has 0 bridgehead atoms. The zero-order chi connectivity index (χ0) is 25.4. The first-order chi connectivity index (χ1) is 16.9. The van der Waals surface area contributed by atoms with E-state index in [-0.39, 0.29) is 0 Å². The van der Waals surface area contributed by atoms with Crippen LogP contribution in [0.15, 0.2) is 57.8 Å². The zero-order valence-corrected chi connectivity index (χ0v) is 22.2. The molecule has 1 aliphatic rings. The van der Waals surface area contributed by atoms with Crippen molar-refractivity contribution < 1.29 is 14.2 Å². The van der Waals surface area contributed by atoms with E-state index in [9.17, 15) is 5.26 Å². The first-order valence-corrected chi connectivity index (χ1v) is 12.6. The Bertz CT molecular complexity index is 1200. The van der Waals surface area contributed by atoms with Gasteiger partial charge < -0.3 is 19.1 Å². The molecule has 0 fully saturated rings. The lowest BCUT2D eigenvalue weighted by atomic mass is 9.98. The van der Waals surface area contributed by atoms with Crippen LogP contribution >= 0.6 is 23.4 Å². The van der Waals surface area contributed by atoms with Crippen LogP contribution in [0.2, 0.25) is 5.02 Å². The fraction of sp³-hybridized carbons (Fsp3) is 0.346. The van der Waals surface area contributed by atoms with Gasteiger partial charge in [-0.05, 0) is 25.3 Å². The monoisotopic (exact) mass is 512 g/mol. The van der Waals surface area contributed by atoms with E-state index in [4.69, 9.17) is 35.8 Å². The highest BCUT2D eigenvalue weighted by molar-refractivity contribution is 8.13. The zero-order valence-electron chi connectivity index (χ0n) is 20.6. The minimum absolute atomic E-state index is 0.298. The highest BCUT2D eigenvalue weighted by Crippen LogP contribution is 2.37. The fourth-order valence-corrected chi connectivity index (χ4v) is 4.15. The number of ether oxygens (including phenoxy) is 3. The van der Waals surface area contributed by atoms with Gasteiger partial charge >= 0.3 is 0 Å². The number of rotatable bonds is 9. The number of thioether (sulfide) groups is 1. The van der Waals surface area contributed by atoms with Crippen LogP contribution in [0.25, 0.3) is 0 Å². The van der Waals surface area contributed by atoms with Crippen LogP contribution in [0, 0.1) is 11.3 Å². The summed E-state index contributed by atoms with van der Waals surface area (Å²) in [6.45, 7) is 3.68. The summed E-state index contributed by atoms with van der Waals surface area (Å²) in [4.78, 5) is 12.0. The number of allylic oxidation sites excluding steroid dienone is 1. The summed E-state index contributed by atoms with van der Waals surface area (Å²) in [7, 11) is 5.56. The maximum absolute atomic E-state index is 9.89. The second-order valence-electron chi connectivity index (χ2n) is 7.82. The van der Waals surface area contributed by atoms with Crippen molar-refractivity contribution in [3.8, 4) is 11.8 Å².